The summed E-state index contributed by atoms with van der Waals surface area (Å²) in [5.74, 6) is -0.237. The molecule has 0 aliphatic carbocycles. The Bertz CT molecular complexity index is 458. The molecule has 0 radical (unpaired) electrons. The second-order valence-electron chi connectivity index (χ2n) is 4.58. The van der Waals surface area contributed by atoms with Crippen molar-refractivity contribution in [1.29, 1.82) is 0 Å². The Hall–Kier alpha value is -1.26. The van der Waals surface area contributed by atoms with Crippen LogP contribution in [0.5, 0.6) is 0 Å². The average molecular weight is 270 g/mol. The Kier molecular flexibility index (Phi) is 3.78. The predicted molar refractivity (Wildman–Crippen MR) is 69.9 cm³/mol. The van der Waals surface area contributed by atoms with E-state index >= 15 is 0 Å². The van der Waals surface area contributed by atoms with Gasteiger partial charge in [0.1, 0.15) is 5.41 Å². The molecule has 98 valence electrons. The van der Waals surface area contributed by atoms with E-state index in [0.29, 0.717) is 24.8 Å². The van der Waals surface area contributed by atoms with Crippen molar-refractivity contribution < 1.29 is 14.3 Å². The largest absolute Gasteiger partial charge is 0.468 e. The van der Waals surface area contributed by atoms with Crippen molar-refractivity contribution in [3.63, 3.8) is 0 Å². The Balaban J connectivity index is 2.02. The average Bonchev–Trinajstić information content (AvgIpc) is 2.31. The van der Waals surface area contributed by atoms with Crippen molar-refractivity contribution in [2.24, 2.45) is 5.41 Å². The maximum atomic E-state index is 11.7. The molecule has 1 aromatic rings. The highest BCUT2D eigenvalue weighted by molar-refractivity contribution is 6.31. The van der Waals surface area contributed by atoms with Crippen LogP contribution in [0.15, 0.2) is 18.2 Å². The van der Waals surface area contributed by atoms with Gasteiger partial charge >= 0.3 is 5.97 Å². The van der Waals surface area contributed by atoms with Crippen molar-refractivity contribution >= 4 is 23.3 Å². The summed E-state index contributed by atoms with van der Waals surface area (Å²) in [6, 6.07) is 5.72. The summed E-state index contributed by atoms with van der Waals surface area (Å²) in [6.07, 6.45) is 0. The summed E-state index contributed by atoms with van der Waals surface area (Å²) in [5, 5.41) is 3.91. The Labute approximate surface area is 111 Å². The maximum Gasteiger partial charge on any atom is 0.318 e. The molecule has 2 rings (SSSR count). The molecule has 0 saturated carbocycles. The molecule has 1 heterocycles. The van der Waals surface area contributed by atoms with E-state index in [9.17, 15) is 4.79 Å². The van der Waals surface area contributed by atoms with Gasteiger partial charge in [-0.1, -0.05) is 17.7 Å². The van der Waals surface area contributed by atoms with Gasteiger partial charge in [0, 0.05) is 17.3 Å². The number of ether oxygens (including phenoxy) is 2. The lowest BCUT2D eigenvalue weighted by Gasteiger charge is -2.38. The number of hydrogen-bond acceptors (Lipinski definition) is 4. The van der Waals surface area contributed by atoms with Crippen LogP contribution in [0.25, 0.3) is 0 Å². The van der Waals surface area contributed by atoms with E-state index in [0.717, 1.165) is 11.3 Å². The zero-order valence-corrected chi connectivity index (χ0v) is 11.2. The topological polar surface area (TPSA) is 47.6 Å². The van der Waals surface area contributed by atoms with E-state index in [1.807, 2.05) is 25.1 Å². The van der Waals surface area contributed by atoms with Crippen LogP contribution >= 0.6 is 11.6 Å². The molecular weight excluding hydrogens is 254 g/mol. The fraction of sp³-hybridized carbons (Fsp3) is 0.462. The third-order valence-electron chi connectivity index (χ3n) is 3.18. The summed E-state index contributed by atoms with van der Waals surface area (Å²) < 4.78 is 9.93. The highest BCUT2D eigenvalue weighted by Gasteiger charge is 2.47. The molecule has 0 unspecified atom stereocenters. The first kappa shape index (κ1) is 13.2. The molecule has 0 amide bonds. The first-order valence-corrected chi connectivity index (χ1v) is 6.11. The summed E-state index contributed by atoms with van der Waals surface area (Å²) in [5.41, 5.74) is 1.35. The number of esters is 1. The van der Waals surface area contributed by atoms with Crippen LogP contribution in [0.1, 0.15) is 5.56 Å². The zero-order chi connectivity index (χ0) is 13.2. The molecule has 18 heavy (non-hydrogen) atoms. The van der Waals surface area contributed by atoms with Crippen LogP contribution < -0.4 is 5.32 Å². The van der Waals surface area contributed by atoms with Gasteiger partial charge in [-0.05, 0) is 24.6 Å². The molecule has 0 spiro atoms. The van der Waals surface area contributed by atoms with E-state index in [4.69, 9.17) is 21.1 Å². The lowest BCUT2D eigenvalue weighted by molar-refractivity contribution is -0.180. The second kappa shape index (κ2) is 5.16. The van der Waals surface area contributed by atoms with Crippen LogP contribution in [0, 0.1) is 12.3 Å². The van der Waals surface area contributed by atoms with Gasteiger partial charge in [-0.25, -0.2) is 0 Å². The van der Waals surface area contributed by atoms with E-state index in [1.165, 1.54) is 7.11 Å². The second-order valence-corrected chi connectivity index (χ2v) is 4.99. The molecule has 0 bridgehead atoms. The highest BCUT2D eigenvalue weighted by Crippen LogP contribution is 2.30. The molecular formula is C13H16ClNO3. The summed E-state index contributed by atoms with van der Waals surface area (Å²) in [6.45, 7) is 3.22. The minimum atomic E-state index is -0.563. The van der Waals surface area contributed by atoms with Crippen LogP contribution in [-0.4, -0.2) is 32.8 Å². The van der Waals surface area contributed by atoms with Crippen molar-refractivity contribution in [3.8, 4) is 0 Å². The van der Waals surface area contributed by atoms with Crippen LogP contribution in [0.4, 0.5) is 5.69 Å². The summed E-state index contributed by atoms with van der Waals surface area (Å²) in [7, 11) is 1.39. The molecule has 0 atom stereocenters. The number of rotatable bonds is 4. The molecule has 4 nitrogen and oxygen atoms in total. The number of aryl methyl sites for hydroxylation is 1. The van der Waals surface area contributed by atoms with E-state index < -0.39 is 5.41 Å². The van der Waals surface area contributed by atoms with Crippen molar-refractivity contribution in [3.05, 3.63) is 28.8 Å². The SMILES string of the molecule is COC(=O)C1(CNc2ccc(C)c(Cl)c2)COC1. The smallest absolute Gasteiger partial charge is 0.318 e. The molecule has 1 aliphatic heterocycles. The first-order valence-electron chi connectivity index (χ1n) is 5.74. The van der Waals surface area contributed by atoms with Crippen LogP contribution in [-0.2, 0) is 14.3 Å². The lowest BCUT2D eigenvalue weighted by atomic mass is 9.86. The van der Waals surface area contributed by atoms with Gasteiger partial charge in [-0.3, -0.25) is 4.79 Å². The monoisotopic (exact) mass is 269 g/mol. The number of benzene rings is 1. The Morgan fingerprint density at radius 3 is 2.78 bits per heavy atom. The highest BCUT2D eigenvalue weighted by atomic mass is 35.5. The Morgan fingerprint density at radius 1 is 1.56 bits per heavy atom. The normalized spacial score (nSPS) is 16.8. The number of hydrogen-bond donors (Lipinski definition) is 1. The third-order valence-corrected chi connectivity index (χ3v) is 3.59. The summed E-state index contributed by atoms with van der Waals surface area (Å²) in [4.78, 5) is 11.7. The van der Waals surface area contributed by atoms with Crippen molar-refractivity contribution in [2.75, 3.05) is 32.2 Å². The van der Waals surface area contributed by atoms with Gasteiger partial charge in [0.05, 0.1) is 20.3 Å². The first-order chi connectivity index (χ1) is 8.57. The number of carbonyl (C=O) groups is 1. The van der Waals surface area contributed by atoms with Gasteiger partial charge in [0.2, 0.25) is 0 Å². The molecule has 1 aliphatic rings. The van der Waals surface area contributed by atoms with Crippen molar-refractivity contribution in [2.45, 2.75) is 6.92 Å². The Morgan fingerprint density at radius 2 is 2.28 bits per heavy atom. The molecule has 1 aromatic carbocycles. The minimum absolute atomic E-state index is 0.237. The minimum Gasteiger partial charge on any atom is -0.468 e. The number of nitrogens with one attached hydrogen (secondary N) is 1. The van der Waals surface area contributed by atoms with Gasteiger partial charge in [0.25, 0.3) is 0 Å². The van der Waals surface area contributed by atoms with E-state index in [2.05, 4.69) is 5.32 Å². The van der Waals surface area contributed by atoms with E-state index in [-0.39, 0.29) is 5.97 Å². The fourth-order valence-electron chi connectivity index (χ4n) is 1.83. The van der Waals surface area contributed by atoms with Crippen LogP contribution in [0.3, 0.4) is 0 Å². The molecule has 1 fully saturated rings. The van der Waals surface area contributed by atoms with Gasteiger partial charge in [0.15, 0.2) is 0 Å². The zero-order valence-electron chi connectivity index (χ0n) is 10.5. The van der Waals surface area contributed by atoms with Gasteiger partial charge in [-0.2, -0.15) is 0 Å². The van der Waals surface area contributed by atoms with Crippen LogP contribution in [0.2, 0.25) is 5.02 Å². The summed E-state index contributed by atoms with van der Waals surface area (Å²) >= 11 is 6.05. The molecule has 0 aromatic heterocycles. The number of halogens is 1. The number of carbonyl (C=O) groups excluding carboxylic acids is 1. The molecule has 1 saturated heterocycles. The van der Waals surface area contributed by atoms with Gasteiger partial charge in [-0.15, -0.1) is 0 Å². The van der Waals surface area contributed by atoms with Gasteiger partial charge < -0.3 is 14.8 Å². The number of methoxy groups -OCH3 is 1. The molecule has 1 N–H and O–H groups in total. The maximum absolute atomic E-state index is 11.7. The standard InChI is InChI=1S/C13H16ClNO3/c1-9-3-4-10(5-11(9)14)15-6-13(7-18-8-13)12(16)17-2/h3-5,15H,6-8H2,1-2H3. The number of anilines is 1. The predicted octanol–water partition coefficient (Wildman–Crippen LogP) is 2.25. The quantitative estimate of drug-likeness (QED) is 0.852. The lowest BCUT2D eigenvalue weighted by Crippen LogP contribution is -2.54. The fourth-order valence-corrected chi connectivity index (χ4v) is 2.01. The molecule has 5 heteroatoms. The van der Waals surface area contributed by atoms with E-state index in [1.54, 1.807) is 0 Å². The van der Waals surface area contributed by atoms with Crippen molar-refractivity contribution in [1.82, 2.24) is 0 Å². The third kappa shape index (κ3) is 2.44.